The molecule has 28 heavy (non-hydrogen) atoms. The first kappa shape index (κ1) is 20.3. The number of benzene rings is 1. The molecule has 0 amide bonds. The highest BCUT2D eigenvalue weighted by molar-refractivity contribution is 5.29. The van der Waals surface area contributed by atoms with Crippen molar-refractivity contribution in [3.05, 3.63) is 29.8 Å². The van der Waals surface area contributed by atoms with Gasteiger partial charge >= 0.3 is 0 Å². The van der Waals surface area contributed by atoms with Crippen molar-refractivity contribution in [3.8, 4) is 5.75 Å². The van der Waals surface area contributed by atoms with E-state index in [4.69, 9.17) is 4.74 Å². The van der Waals surface area contributed by atoms with Crippen molar-refractivity contribution in [2.24, 2.45) is 29.6 Å². The Labute approximate surface area is 173 Å². The first-order valence-corrected chi connectivity index (χ1v) is 12.4. The lowest BCUT2D eigenvalue weighted by atomic mass is 9.63. The van der Waals surface area contributed by atoms with Crippen LogP contribution in [0.2, 0.25) is 0 Å². The molecule has 4 rings (SSSR count). The van der Waals surface area contributed by atoms with Gasteiger partial charge in [0.1, 0.15) is 5.75 Å². The highest BCUT2D eigenvalue weighted by atomic mass is 16.5. The summed E-state index contributed by atoms with van der Waals surface area (Å²) in [7, 11) is 1.76. The second-order valence-electron chi connectivity index (χ2n) is 10.4. The molecule has 1 heteroatoms. The van der Waals surface area contributed by atoms with Crippen LogP contribution in [0, 0.1) is 29.6 Å². The van der Waals surface area contributed by atoms with Crippen LogP contribution in [0.5, 0.6) is 5.75 Å². The highest BCUT2D eigenvalue weighted by Crippen LogP contribution is 2.49. The van der Waals surface area contributed by atoms with E-state index >= 15 is 0 Å². The van der Waals surface area contributed by atoms with Crippen LogP contribution in [-0.2, 0) is 0 Å². The van der Waals surface area contributed by atoms with Gasteiger partial charge in [-0.3, -0.25) is 0 Å². The second-order valence-corrected chi connectivity index (χ2v) is 10.4. The normalized spacial score (nSPS) is 35.9. The van der Waals surface area contributed by atoms with Gasteiger partial charge in [-0.1, -0.05) is 70.4 Å². The molecule has 0 aliphatic heterocycles. The molecule has 3 aliphatic rings. The van der Waals surface area contributed by atoms with Crippen LogP contribution < -0.4 is 4.74 Å². The van der Waals surface area contributed by atoms with Crippen molar-refractivity contribution in [3.63, 3.8) is 0 Å². The molecule has 3 aliphatic carbocycles. The Morgan fingerprint density at radius 1 is 0.714 bits per heavy atom. The highest BCUT2D eigenvalue weighted by Gasteiger charge is 2.36. The lowest BCUT2D eigenvalue weighted by molar-refractivity contribution is 0.109. The number of ether oxygens (including phenoxy) is 1. The van der Waals surface area contributed by atoms with E-state index in [2.05, 4.69) is 31.2 Å². The topological polar surface area (TPSA) is 9.23 Å². The molecule has 3 saturated carbocycles. The molecule has 4 atom stereocenters. The van der Waals surface area contributed by atoms with Crippen LogP contribution in [0.15, 0.2) is 24.3 Å². The van der Waals surface area contributed by atoms with Crippen LogP contribution in [0.4, 0.5) is 0 Å². The molecule has 156 valence electrons. The summed E-state index contributed by atoms with van der Waals surface area (Å²) in [5.74, 6) is 6.96. The fourth-order valence-electron chi connectivity index (χ4n) is 6.83. The summed E-state index contributed by atoms with van der Waals surface area (Å²) in [6.45, 7) is 2.38. The Morgan fingerprint density at radius 2 is 1.32 bits per heavy atom. The van der Waals surface area contributed by atoms with Gasteiger partial charge in [-0.25, -0.2) is 0 Å². The van der Waals surface area contributed by atoms with Crippen LogP contribution in [0.25, 0.3) is 0 Å². The minimum absolute atomic E-state index is 0.789. The lowest BCUT2D eigenvalue weighted by Crippen LogP contribution is -2.30. The van der Waals surface area contributed by atoms with E-state index in [1.165, 1.54) is 77.0 Å². The third-order valence-corrected chi connectivity index (χ3v) is 8.84. The Kier molecular flexibility index (Phi) is 7.02. The van der Waals surface area contributed by atoms with E-state index in [1.807, 2.05) is 0 Å². The van der Waals surface area contributed by atoms with Gasteiger partial charge in [0.15, 0.2) is 0 Å². The molecule has 0 heterocycles. The van der Waals surface area contributed by atoms with E-state index in [-0.39, 0.29) is 0 Å². The van der Waals surface area contributed by atoms with E-state index in [9.17, 15) is 0 Å². The molecule has 0 bridgehead atoms. The molecular weight excluding hydrogens is 340 g/mol. The standard InChI is InChI=1S/C27H42O/c1-3-20-4-6-21(7-5-20)8-9-22-10-11-26-19-25(13-12-24(26)18-22)23-14-16-27(28-2)17-15-23/h14-17,20-22,24-26H,3-13,18-19H2,1-2H3. The van der Waals surface area contributed by atoms with Crippen molar-refractivity contribution in [2.75, 3.05) is 7.11 Å². The molecule has 3 fully saturated rings. The van der Waals surface area contributed by atoms with Crippen molar-refractivity contribution in [1.82, 2.24) is 0 Å². The number of rotatable bonds is 6. The third-order valence-electron chi connectivity index (χ3n) is 8.84. The molecule has 1 aromatic rings. The summed E-state index contributed by atoms with van der Waals surface area (Å²) in [5, 5.41) is 0. The molecule has 0 radical (unpaired) electrons. The number of methoxy groups -OCH3 is 1. The smallest absolute Gasteiger partial charge is 0.118 e. The summed E-state index contributed by atoms with van der Waals surface area (Å²) in [4.78, 5) is 0. The van der Waals surface area contributed by atoms with E-state index < -0.39 is 0 Å². The van der Waals surface area contributed by atoms with Gasteiger partial charge in [-0.2, -0.15) is 0 Å². The number of hydrogen-bond donors (Lipinski definition) is 0. The second kappa shape index (κ2) is 9.68. The zero-order chi connectivity index (χ0) is 19.3. The molecule has 0 N–H and O–H groups in total. The van der Waals surface area contributed by atoms with Gasteiger partial charge in [-0.15, -0.1) is 0 Å². The quantitative estimate of drug-likeness (QED) is 0.484. The van der Waals surface area contributed by atoms with E-state index in [0.717, 1.165) is 41.3 Å². The van der Waals surface area contributed by atoms with Gasteiger partial charge in [0.05, 0.1) is 7.11 Å². The Balaban J connectivity index is 1.22. The lowest BCUT2D eigenvalue weighted by Gasteiger charge is -2.43. The van der Waals surface area contributed by atoms with Gasteiger partial charge in [0.2, 0.25) is 0 Å². The number of hydrogen-bond acceptors (Lipinski definition) is 1. The molecule has 0 aromatic heterocycles. The summed E-state index contributed by atoms with van der Waals surface area (Å²) < 4.78 is 5.33. The van der Waals surface area contributed by atoms with Gasteiger partial charge in [0.25, 0.3) is 0 Å². The minimum atomic E-state index is 0.789. The molecule has 0 saturated heterocycles. The van der Waals surface area contributed by atoms with Gasteiger partial charge in [-0.05, 0) is 85.3 Å². The maximum atomic E-state index is 5.33. The van der Waals surface area contributed by atoms with E-state index in [0.29, 0.717) is 0 Å². The SMILES string of the molecule is CCC1CCC(CCC2CCC3CC(c4ccc(OC)cc4)CCC3C2)CC1. The van der Waals surface area contributed by atoms with Crippen molar-refractivity contribution < 1.29 is 4.74 Å². The fourth-order valence-corrected chi connectivity index (χ4v) is 6.83. The summed E-state index contributed by atoms with van der Waals surface area (Å²) in [6, 6.07) is 8.91. The molecule has 4 unspecified atom stereocenters. The van der Waals surface area contributed by atoms with Crippen molar-refractivity contribution in [1.29, 1.82) is 0 Å². The predicted molar refractivity (Wildman–Crippen MR) is 119 cm³/mol. The molecule has 1 nitrogen and oxygen atoms in total. The van der Waals surface area contributed by atoms with Gasteiger partial charge < -0.3 is 4.74 Å². The van der Waals surface area contributed by atoms with Crippen molar-refractivity contribution >= 4 is 0 Å². The monoisotopic (exact) mass is 382 g/mol. The summed E-state index contributed by atoms with van der Waals surface area (Å²) in [6.07, 6.45) is 19.4. The average molecular weight is 383 g/mol. The summed E-state index contributed by atoms with van der Waals surface area (Å²) >= 11 is 0. The summed E-state index contributed by atoms with van der Waals surface area (Å²) in [5.41, 5.74) is 1.55. The molecule has 1 aromatic carbocycles. The average Bonchev–Trinajstić information content (AvgIpc) is 2.77. The van der Waals surface area contributed by atoms with Crippen LogP contribution >= 0.6 is 0 Å². The Morgan fingerprint density at radius 3 is 2.04 bits per heavy atom. The van der Waals surface area contributed by atoms with Crippen LogP contribution in [0.3, 0.4) is 0 Å². The fraction of sp³-hybridized carbons (Fsp3) is 0.778. The maximum Gasteiger partial charge on any atom is 0.118 e. The first-order valence-electron chi connectivity index (χ1n) is 12.4. The molecular formula is C27H42O. The third kappa shape index (κ3) is 4.95. The maximum absolute atomic E-state index is 5.33. The molecule has 0 spiro atoms. The minimum Gasteiger partial charge on any atom is -0.497 e. The largest absolute Gasteiger partial charge is 0.497 e. The van der Waals surface area contributed by atoms with Crippen LogP contribution in [0.1, 0.15) is 102 Å². The van der Waals surface area contributed by atoms with Crippen molar-refractivity contribution in [2.45, 2.75) is 96.3 Å². The Bertz CT molecular complexity index is 583. The van der Waals surface area contributed by atoms with E-state index in [1.54, 1.807) is 19.1 Å². The zero-order valence-electron chi connectivity index (χ0n) is 18.4. The first-order chi connectivity index (χ1) is 13.7. The zero-order valence-corrected chi connectivity index (χ0v) is 18.4. The Hall–Kier alpha value is -0.980. The van der Waals surface area contributed by atoms with Crippen LogP contribution in [-0.4, -0.2) is 7.11 Å². The number of fused-ring (bicyclic) bond motifs is 1. The van der Waals surface area contributed by atoms with Gasteiger partial charge in [0, 0.05) is 0 Å². The predicted octanol–water partition coefficient (Wildman–Crippen LogP) is 7.99.